The first kappa shape index (κ1) is 10.5. The van der Waals surface area contributed by atoms with E-state index in [1.165, 1.54) is 21.9 Å². The highest BCUT2D eigenvalue weighted by Crippen LogP contribution is 2.21. The summed E-state index contributed by atoms with van der Waals surface area (Å²) in [6, 6.07) is 16.9. The Morgan fingerprint density at radius 2 is 1.60 bits per heavy atom. The van der Waals surface area contributed by atoms with Gasteiger partial charge < -0.3 is 0 Å². The molecule has 0 aromatic heterocycles. The van der Waals surface area contributed by atoms with Crippen LogP contribution in [0, 0.1) is 6.92 Å². The maximum Gasteiger partial charge on any atom is 0.210 e. The molecule has 0 amide bonds. The van der Waals surface area contributed by atoms with Crippen LogP contribution in [0.15, 0.2) is 48.5 Å². The fourth-order valence-electron chi connectivity index (χ4n) is 1.61. The third-order valence-electron chi connectivity index (χ3n) is 2.45. The molecule has 0 aliphatic carbocycles. The van der Waals surface area contributed by atoms with Gasteiger partial charge in [0.2, 0.25) is 8.83 Å². The predicted molar refractivity (Wildman–Crippen MR) is 67.9 cm³/mol. The summed E-state index contributed by atoms with van der Waals surface area (Å²) in [6.07, 6.45) is 0. The first-order valence-electron chi connectivity index (χ1n) is 4.84. The first-order valence-corrected chi connectivity index (χ1v) is 6.85. The van der Waals surface area contributed by atoms with Gasteiger partial charge in [-0.1, -0.05) is 48.5 Å². The van der Waals surface area contributed by atoms with Crippen LogP contribution in [0.2, 0.25) is 0 Å². The molecule has 0 bridgehead atoms. The van der Waals surface area contributed by atoms with Gasteiger partial charge in [-0.2, -0.15) is 11.1 Å². The number of benzene rings is 2. The van der Waals surface area contributed by atoms with Gasteiger partial charge >= 0.3 is 0 Å². The Morgan fingerprint density at radius 3 is 2.20 bits per heavy atom. The minimum atomic E-state index is 0.354. The van der Waals surface area contributed by atoms with Crippen molar-refractivity contribution in [3.05, 3.63) is 54.1 Å². The zero-order chi connectivity index (χ0) is 10.7. The summed E-state index contributed by atoms with van der Waals surface area (Å²) in [5.74, 6) is 0. The standard InChI is InChI=1S/C13H11ClSi/c1-10-4-2-3-5-13(10)11-6-8-12(15-14)9-7-11/h2-9H,1H3. The highest BCUT2D eigenvalue weighted by Gasteiger charge is 2.00. The third-order valence-corrected chi connectivity index (χ3v) is 3.66. The number of halogens is 1. The predicted octanol–water partition coefficient (Wildman–Crippen LogP) is 3.15. The van der Waals surface area contributed by atoms with Gasteiger partial charge in [0, 0.05) is 0 Å². The van der Waals surface area contributed by atoms with E-state index < -0.39 is 0 Å². The Bertz CT molecular complexity index is 448. The minimum Gasteiger partial charge on any atom is -0.165 e. The van der Waals surface area contributed by atoms with Crippen LogP contribution < -0.4 is 5.19 Å². The van der Waals surface area contributed by atoms with Crippen molar-refractivity contribution in [2.45, 2.75) is 6.92 Å². The van der Waals surface area contributed by atoms with Gasteiger partial charge in [-0.25, -0.2) is 0 Å². The van der Waals surface area contributed by atoms with Crippen molar-refractivity contribution in [1.29, 1.82) is 0 Å². The highest BCUT2D eigenvalue weighted by molar-refractivity contribution is 7.01. The lowest BCUT2D eigenvalue weighted by Gasteiger charge is -2.05. The molecule has 0 fully saturated rings. The Morgan fingerprint density at radius 1 is 0.933 bits per heavy atom. The SMILES string of the molecule is Cc1ccccc1-c1ccc([Si]Cl)cc1. The molecule has 2 rings (SSSR count). The molecule has 0 aliphatic rings. The molecule has 0 spiro atoms. The van der Waals surface area contributed by atoms with Crippen molar-refractivity contribution >= 4 is 25.1 Å². The van der Waals surface area contributed by atoms with Crippen molar-refractivity contribution in [1.82, 2.24) is 0 Å². The van der Waals surface area contributed by atoms with E-state index >= 15 is 0 Å². The second-order valence-corrected chi connectivity index (χ2v) is 4.82. The zero-order valence-corrected chi connectivity index (χ0v) is 10.3. The summed E-state index contributed by atoms with van der Waals surface area (Å²) in [4.78, 5) is 0. The molecule has 2 aromatic rings. The van der Waals surface area contributed by atoms with Crippen molar-refractivity contribution < 1.29 is 0 Å². The van der Waals surface area contributed by atoms with Crippen LogP contribution in [0.5, 0.6) is 0 Å². The van der Waals surface area contributed by atoms with Gasteiger partial charge in [0.25, 0.3) is 0 Å². The first-order chi connectivity index (χ1) is 7.31. The molecule has 0 N–H and O–H groups in total. The van der Waals surface area contributed by atoms with E-state index in [1.54, 1.807) is 0 Å². The molecule has 2 radical (unpaired) electrons. The molecule has 0 atom stereocenters. The molecule has 0 saturated carbocycles. The van der Waals surface area contributed by atoms with Crippen molar-refractivity contribution in [2.24, 2.45) is 0 Å². The van der Waals surface area contributed by atoms with Crippen molar-refractivity contribution in [3.63, 3.8) is 0 Å². The normalized spacial score (nSPS) is 10.3. The Balaban J connectivity index is 2.42. The molecule has 2 aromatic carbocycles. The number of rotatable bonds is 2. The number of hydrogen-bond donors (Lipinski definition) is 0. The van der Waals surface area contributed by atoms with Crippen molar-refractivity contribution in [3.8, 4) is 11.1 Å². The second-order valence-electron chi connectivity index (χ2n) is 3.49. The average Bonchev–Trinajstić information content (AvgIpc) is 2.30. The molecule has 0 saturated heterocycles. The smallest absolute Gasteiger partial charge is 0.165 e. The Hall–Kier alpha value is -1.05. The lowest BCUT2D eigenvalue weighted by atomic mass is 10.0. The van der Waals surface area contributed by atoms with E-state index in [9.17, 15) is 0 Å². The molecule has 15 heavy (non-hydrogen) atoms. The average molecular weight is 231 g/mol. The minimum absolute atomic E-state index is 0.354. The van der Waals surface area contributed by atoms with Crippen LogP contribution in [0.1, 0.15) is 5.56 Å². The lowest BCUT2D eigenvalue weighted by molar-refractivity contribution is 1.46. The summed E-state index contributed by atoms with van der Waals surface area (Å²) in [6.45, 7) is 2.13. The Kier molecular flexibility index (Phi) is 3.24. The molecule has 0 unspecified atom stereocenters. The fraction of sp³-hybridized carbons (Fsp3) is 0.0769. The second kappa shape index (κ2) is 4.64. The van der Waals surface area contributed by atoms with Crippen LogP contribution in [-0.2, 0) is 0 Å². The zero-order valence-electron chi connectivity index (χ0n) is 8.50. The topological polar surface area (TPSA) is 0 Å². The van der Waals surface area contributed by atoms with Crippen LogP contribution in [-0.4, -0.2) is 8.83 Å². The maximum absolute atomic E-state index is 5.78. The van der Waals surface area contributed by atoms with Gasteiger partial charge in [-0.15, -0.1) is 0 Å². The summed E-state index contributed by atoms with van der Waals surface area (Å²) < 4.78 is 0. The van der Waals surface area contributed by atoms with Crippen LogP contribution in [0.4, 0.5) is 0 Å². The molecular formula is C13H11ClSi. The summed E-state index contributed by atoms with van der Waals surface area (Å²) >= 11 is 5.78. The van der Waals surface area contributed by atoms with E-state index in [-0.39, 0.29) is 0 Å². The summed E-state index contributed by atoms with van der Waals surface area (Å²) in [5, 5.41) is 1.19. The number of hydrogen-bond acceptors (Lipinski definition) is 0. The monoisotopic (exact) mass is 230 g/mol. The molecular weight excluding hydrogens is 220 g/mol. The van der Waals surface area contributed by atoms with Gasteiger partial charge in [0.1, 0.15) is 0 Å². The number of aryl methyl sites for hydroxylation is 1. The third kappa shape index (κ3) is 2.30. The summed E-state index contributed by atoms with van der Waals surface area (Å²) in [5.41, 5.74) is 3.85. The van der Waals surface area contributed by atoms with E-state index in [1.807, 2.05) is 0 Å². The van der Waals surface area contributed by atoms with E-state index in [2.05, 4.69) is 55.5 Å². The molecule has 2 heteroatoms. The van der Waals surface area contributed by atoms with Gasteiger partial charge in [-0.3, -0.25) is 0 Å². The van der Waals surface area contributed by atoms with E-state index in [0.717, 1.165) is 0 Å². The van der Waals surface area contributed by atoms with Gasteiger partial charge in [0.05, 0.1) is 0 Å². The van der Waals surface area contributed by atoms with Crippen LogP contribution in [0.25, 0.3) is 11.1 Å². The van der Waals surface area contributed by atoms with Crippen LogP contribution >= 0.6 is 11.1 Å². The maximum atomic E-state index is 5.78. The van der Waals surface area contributed by atoms with Gasteiger partial charge in [-0.05, 0) is 28.8 Å². The van der Waals surface area contributed by atoms with Gasteiger partial charge in [0.15, 0.2) is 0 Å². The molecule has 74 valence electrons. The molecule has 0 aliphatic heterocycles. The molecule has 0 heterocycles. The quantitative estimate of drug-likeness (QED) is 0.549. The fourth-order valence-corrected chi connectivity index (χ4v) is 2.28. The Labute approximate surface area is 97.4 Å². The highest BCUT2D eigenvalue weighted by atomic mass is 35.6. The van der Waals surface area contributed by atoms with Crippen LogP contribution in [0.3, 0.4) is 0 Å². The van der Waals surface area contributed by atoms with E-state index in [4.69, 9.17) is 11.1 Å². The summed E-state index contributed by atoms with van der Waals surface area (Å²) in [7, 11) is 0.354. The van der Waals surface area contributed by atoms with Crippen molar-refractivity contribution in [2.75, 3.05) is 0 Å². The largest absolute Gasteiger partial charge is 0.210 e. The lowest BCUT2D eigenvalue weighted by Crippen LogP contribution is -2.06. The molecule has 0 nitrogen and oxygen atoms in total. The van der Waals surface area contributed by atoms with E-state index in [0.29, 0.717) is 8.83 Å².